The molecule has 1 saturated heterocycles. The third kappa shape index (κ3) is 8.32. The van der Waals surface area contributed by atoms with E-state index in [1.54, 1.807) is 12.0 Å². The van der Waals surface area contributed by atoms with Crippen molar-refractivity contribution in [1.29, 1.82) is 0 Å². The third-order valence-corrected chi connectivity index (χ3v) is 9.94. The number of carbonyl (C=O) groups excluding carboxylic acids is 1. The molecule has 9 heteroatoms. The number of carbonyl (C=O) groups is 1. The van der Waals surface area contributed by atoms with Gasteiger partial charge in [0.05, 0.1) is 37.0 Å². The van der Waals surface area contributed by atoms with Crippen molar-refractivity contribution >= 4 is 22.7 Å². The van der Waals surface area contributed by atoms with Gasteiger partial charge in [-0.2, -0.15) is 0 Å². The number of aryl methyl sites for hydroxylation is 1. The number of hydrogen-bond donors (Lipinski definition) is 0. The SMILES string of the molecule is COCCCN1CCOc2ccc(COC3CN(C(=O)OCc4ccccc4)CCC3c3ccc(COc4cccc5c4ccn5C)cc3)cc21. The third-order valence-electron chi connectivity index (χ3n) is 9.94. The van der Waals surface area contributed by atoms with Gasteiger partial charge >= 0.3 is 6.09 Å². The molecule has 2 aliphatic heterocycles. The van der Waals surface area contributed by atoms with Crippen LogP contribution in [0.3, 0.4) is 0 Å². The lowest BCUT2D eigenvalue weighted by atomic mass is 9.86. The summed E-state index contributed by atoms with van der Waals surface area (Å²) in [4.78, 5) is 17.4. The monoisotopic (exact) mass is 689 g/mol. The minimum absolute atomic E-state index is 0.114. The Bertz CT molecular complexity index is 1890. The summed E-state index contributed by atoms with van der Waals surface area (Å²) >= 11 is 0. The molecule has 0 saturated carbocycles. The van der Waals surface area contributed by atoms with E-state index < -0.39 is 0 Å². The molecule has 0 N–H and O–H groups in total. The molecule has 3 heterocycles. The fourth-order valence-electron chi connectivity index (χ4n) is 7.11. The van der Waals surface area contributed by atoms with Gasteiger partial charge < -0.3 is 38.1 Å². The molecule has 7 rings (SSSR count). The number of likely N-dealkylation sites (tertiary alicyclic amines) is 1. The van der Waals surface area contributed by atoms with Gasteiger partial charge in [0.1, 0.15) is 31.3 Å². The molecule has 0 radical (unpaired) electrons. The van der Waals surface area contributed by atoms with Crippen LogP contribution in [0, 0.1) is 0 Å². The van der Waals surface area contributed by atoms with Crippen LogP contribution in [0.2, 0.25) is 0 Å². The molecule has 2 aliphatic rings. The minimum Gasteiger partial charge on any atom is -0.490 e. The number of nitrogens with zero attached hydrogens (tertiary/aromatic N) is 3. The van der Waals surface area contributed by atoms with E-state index in [0.717, 1.165) is 77.3 Å². The first kappa shape index (κ1) is 34.5. The van der Waals surface area contributed by atoms with Crippen LogP contribution in [0.1, 0.15) is 41.0 Å². The zero-order chi connectivity index (χ0) is 35.0. The molecule has 266 valence electrons. The van der Waals surface area contributed by atoms with E-state index in [2.05, 4.69) is 64.2 Å². The Morgan fingerprint density at radius 3 is 2.53 bits per heavy atom. The first-order chi connectivity index (χ1) is 25.1. The quantitative estimate of drug-likeness (QED) is 0.117. The van der Waals surface area contributed by atoms with Crippen molar-refractivity contribution in [1.82, 2.24) is 9.47 Å². The molecule has 0 spiro atoms. The van der Waals surface area contributed by atoms with Crippen LogP contribution < -0.4 is 14.4 Å². The summed E-state index contributed by atoms with van der Waals surface area (Å²) < 4.78 is 32.1. The van der Waals surface area contributed by atoms with E-state index in [1.807, 2.05) is 55.6 Å². The molecule has 1 aromatic heterocycles. The Labute approximate surface area is 300 Å². The van der Waals surface area contributed by atoms with E-state index >= 15 is 0 Å². The largest absolute Gasteiger partial charge is 0.490 e. The number of fused-ring (bicyclic) bond motifs is 2. The smallest absolute Gasteiger partial charge is 0.410 e. The second-order valence-corrected chi connectivity index (χ2v) is 13.4. The van der Waals surface area contributed by atoms with Crippen LogP contribution in [0.15, 0.2) is 103 Å². The van der Waals surface area contributed by atoms with E-state index in [-0.39, 0.29) is 24.7 Å². The molecule has 5 aromatic rings. The molecule has 4 aromatic carbocycles. The number of anilines is 1. The van der Waals surface area contributed by atoms with Crippen molar-refractivity contribution in [3.8, 4) is 11.5 Å². The van der Waals surface area contributed by atoms with Crippen LogP contribution in [0.25, 0.3) is 10.9 Å². The van der Waals surface area contributed by atoms with Gasteiger partial charge in [-0.05, 0) is 65.4 Å². The lowest BCUT2D eigenvalue weighted by molar-refractivity contribution is -0.0246. The molecule has 2 atom stereocenters. The maximum Gasteiger partial charge on any atom is 0.410 e. The standard InChI is InChI=1S/C42H47N3O6/c1-43-21-18-36-37(43)10-6-11-39(36)49-28-32-12-15-34(16-13-32)35-19-22-45(42(46)51-29-31-8-4-3-5-9-31)27-41(35)50-30-33-14-17-40-38(26-33)44(23-25-48-40)20-7-24-47-2/h3-6,8-18,21,26,35,41H,7,19-20,22-25,27-30H2,1-2H3. The number of methoxy groups -OCH3 is 1. The van der Waals surface area contributed by atoms with Crippen molar-refractivity contribution in [3.63, 3.8) is 0 Å². The summed E-state index contributed by atoms with van der Waals surface area (Å²) in [6, 6.07) is 33.0. The first-order valence-electron chi connectivity index (χ1n) is 17.9. The summed E-state index contributed by atoms with van der Waals surface area (Å²) in [7, 11) is 3.78. The van der Waals surface area contributed by atoms with Crippen molar-refractivity contribution in [3.05, 3.63) is 126 Å². The van der Waals surface area contributed by atoms with Crippen LogP contribution >= 0.6 is 0 Å². The summed E-state index contributed by atoms with van der Waals surface area (Å²) in [6.45, 7) is 5.32. The summed E-state index contributed by atoms with van der Waals surface area (Å²) in [5, 5.41) is 1.11. The van der Waals surface area contributed by atoms with Crippen LogP contribution in [-0.4, -0.2) is 68.2 Å². The number of aromatic nitrogens is 1. The topological polar surface area (TPSA) is 74.6 Å². The number of amides is 1. The normalized spacial score (nSPS) is 17.2. The minimum atomic E-state index is -0.315. The molecule has 9 nitrogen and oxygen atoms in total. The average molecular weight is 690 g/mol. The Hall–Kier alpha value is -4.99. The van der Waals surface area contributed by atoms with Gasteiger partial charge in [-0.1, -0.05) is 66.7 Å². The van der Waals surface area contributed by atoms with Gasteiger partial charge in [0.2, 0.25) is 0 Å². The molecule has 0 aliphatic carbocycles. The molecule has 2 unspecified atom stereocenters. The second kappa shape index (κ2) is 16.4. The van der Waals surface area contributed by atoms with Crippen molar-refractivity contribution < 1.29 is 28.5 Å². The van der Waals surface area contributed by atoms with Crippen molar-refractivity contribution in [2.75, 3.05) is 51.4 Å². The Kier molecular flexibility index (Phi) is 11.1. The highest BCUT2D eigenvalue weighted by atomic mass is 16.6. The van der Waals surface area contributed by atoms with E-state index in [9.17, 15) is 4.79 Å². The van der Waals surface area contributed by atoms with E-state index in [4.69, 9.17) is 23.7 Å². The van der Waals surface area contributed by atoms with Gasteiger partial charge in [0, 0.05) is 51.4 Å². The average Bonchev–Trinajstić information content (AvgIpc) is 3.56. The molecule has 1 amide bonds. The van der Waals surface area contributed by atoms with Gasteiger partial charge in [0.15, 0.2) is 0 Å². The Morgan fingerprint density at radius 2 is 1.69 bits per heavy atom. The highest BCUT2D eigenvalue weighted by Gasteiger charge is 2.34. The fourth-order valence-corrected chi connectivity index (χ4v) is 7.11. The lowest BCUT2D eigenvalue weighted by Crippen LogP contribution is -2.47. The number of hydrogen-bond acceptors (Lipinski definition) is 7. The van der Waals surface area contributed by atoms with Gasteiger partial charge in [-0.25, -0.2) is 4.79 Å². The summed E-state index contributed by atoms with van der Waals surface area (Å²) in [5.41, 5.74) is 6.55. The number of rotatable bonds is 13. The van der Waals surface area contributed by atoms with Crippen LogP contribution in [-0.2, 0) is 41.1 Å². The van der Waals surface area contributed by atoms with Crippen LogP contribution in [0.5, 0.6) is 11.5 Å². The van der Waals surface area contributed by atoms with Crippen molar-refractivity contribution in [2.45, 2.75) is 44.7 Å². The molecular formula is C42H47N3O6. The lowest BCUT2D eigenvalue weighted by Gasteiger charge is -2.38. The molecule has 51 heavy (non-hydrogen) atoms. The Morgan fingerprint density at radius 1 is 0.863 bits per heavy atom. The van der Waals surface area contributed by atoms with E-state index in [0.29, 0.717) is 32.9 Å². The highest BCUT2D eigenvalue weighted by Crippen LogP contribution is 2.35. The maximum absolute atomic E-state index is 13.3. The van der Waals surface area contributed by atoms with Gasteiger partial charge in [-0.3, -0.25) is 0 Å². The second-order valence-electron chi connectivity index (χ2n) is 13.4. The van der Waals surface area contributed by atoms with Crippen LogP contribution in [0.4, 0.5) is 10.5 Å². The Balaban J connectivity index is 1.04. The molecule has 0 bridgehead atoms. The predicted octanol–water partition coefficient (Wildman–Crippen LogP) is 7.70. The summed E-state index contributed by atoms with van der Waals surface area (Å²) in [5.74, 6) is 1.89. The van der Waals surface area contributed by atoms with Gasteiger partial charge in [0.25, 0.3) is 0 Å². The first-order valence-corrected chi connectivity index (χ1v) is 17.9. The van der Waals surface area contributed by atoms with E-state index in [1.165, 1.54) is 5.56 Å². The number of benzene rings is 4. The maximum atomic E-state index is 13.3. The zero-order valence-corrected chi connectivity index (χ0v) is 29.5. The van der Waals surface area contributed by atoms with Crippen molar-refractivity contribution in [2.24, 2.45) is 7.05 Å². The highest BCUT2D eigenvalue weighted by molar-refractivity contribution is 5.86. The molecule has 1 fully saturated rings. The fraction of sp³-hybridized carbons (Fsp3) is 0.357. The number of ether oxygens (including phenoxy) is 5. The molecular weight excluding hydrogens is 642 g/mol. The predicted molar refractivity (Wildman–Crippen MR) is 198 cm³/mol. The van der Waals surface area contributed by atoms with Gasteiger partial charge in [-0.15, -0.1) is 0 Å². The zero-order valence-electron chi connectivity index (χ0n) is 29.5. The number of piperidine rings is 1. The summed E-state index contributed by atoms with van der Waals surface area (Å²) in [6.07, 6.45) is 3.24.